The number of nitrogens with one attached hydrogen (secondary N) is 1. The summed E-state index contributed by atoms with van der Waals surface area (Å²) in [5.41, 5.74) is 1.61. The van der Waals surface area contributed by atoms with E-state index in [0.717, 1.165) is 24.2 Å². The van der Waals surface area contributed by atoms with Gasteiger partial charge in [-0.1, -0.05) is 89.9 Å². The molecule has 2 aromatic carbocycles. The van der Waals surface area contributed by atoms with E-state index in [1.807, 2.05) is 66.7 Å². The maximum absolute atomic E-state index is 14.3. The topological polar surface area (TPSA) is 41.6 Å². The molecule has 4 rings (SSSR count). The van der Waals surface area contributed by atoms with E-state index in [9.17, 15) is 4.57 Å². The Balaban J connectivity index is 0.00000342. The Labute approximate surface area is 227 Å². The third-order valence-electron chi connectivity index (χ3n) is 5.60. The number of hydrogen-bond donors (Lipinski definition) is 1. The summed E-state index contributed by atoms with van der Waals surface area (Å²) in [7, 11) is -3.26. The average molecular weight is 570 g/mol. The van der Waals surface area contributed by atoms with Crippen molar-refractivity contribution in [3.05, 3.63) is 106 Å². The van der Waals surface area contributed by atoms with Gasteiger partial charge in [0.25, 0.3) is 0 Å². The molecule has 0 aliphatic carbocycles. The minimum Gasteiger partial charge on any atom is -0.379 e. The number of halogens is 3. The van der Waals surface area contributed by atoms with Crippen molar-refractivity contribution in [2.24, 2.45) is 0 Å². The molecule has 186 valence electrons. The molecule has 35 heavy (non-hydrogen) atoms. The van der Waals surface area contributed by atoms with Crippen LogP contribution in [0.3, 0.4) is 0 Å². The normalized spacial score (nSPS) is 17.9. The molecule has 1 saturated heterocycles. The number of thiophene rings is 1. The first-order valence-corrected chi connectivity index (χ1v) is 14.6. The SMILES string of the molecule is Cl.O=P(C=C(Cl)c1ccccc1)(C=C(Cl)c1ccccc1)NCC(c1cccs1)N1CCOCC1. The zero-order chi connectivity index (χ0) is 23.8. The Morgan fingerprint density at radius 1 is 0.943 bits per heavy atom. The second-order valence-electron chi connectivity index (χ2n) is 7.94. The minimum absolute atomic E-state index is 0. The van der Waals surface area contributed by atoms with Gasteiger partial charge in [0.05, 0.1) is 29.3 Å². The number of morpholine rings is 1. The largest absolute Gasteiger partial charge is 0.379 e. The van der Waals surface area contributed by atoms with Gasteiger partial charge in [-0.15, -0.1) is 23.7 Å². The Morgan fingerprint density at radius 2 is 1.49 bits per heavy atom. The quantitative estimate of drug-likeness (QED) is 0.266. The van der Waals surface area contributed by atoms with Crippen molar-refractivity contribution in [2.45, 2.75) is 6.04 Å². The van der Waals surface area contributed by atoms with Crippen molar-refractivity contribution < 1.29 is 9.30 Å². The molecule has 1 aliphatic rings. The molecule has 1 fully saturated rings. The van der Waals surface area contributed by atoms with Crippen LogP contribution in [0, 0.1) is 0 Å². The van der Waals surface area contributed by atoms with Gasteiger partial charge in [0.15, 0.2) is 7.29 Å². The summed E-state index contributed by atoms with van der Waals surface area (Å²) in [4.78, 5) is 3.59. The molecular weight excluding hydrogens is 542 g/mol. The van der Waals surface area contributed by atoms with E-state index in [1.54, 1.807) is 23.0 Å². The molecule has 0 amide bonds. The van der Waals surface area contributed by atoms with E-state index < -0.39 is 7.29 Å². The summed E-state index contributed by atoms with van der Waals surface area (Å²) >= 11 is 15.0. The van der Waals surface area contributed by atoms with Crippen LogP contribution in [-0.4, -0.2) is 37.7 Å². The Bertz CT molecular complexity index is 1090. The minimum atomic E-state index is -3.26. The van der Waals surface area contributed by atoms with Gasteiger partial charge in [0.1, 0.15) is 0 Å². The van der Waals surface area contributed by atoms with Gasteiger partial charge in [0.2, 0.25) is 0 Å². The highest BCUT2D eigenvalue weighted by Crippen LogP contribution is 2.50. The third-order valence-corrected chi connectivity index (χ3v) is 9.49. The second-order valence-corrected chi connectivity index (χ2v) is 12.0. The van der Waals surface area contributed by atoms with E-state index in [1.165, 1.54) is 4.88 Å². The molecule has 0 saturated carbocycles. The Hall–Kier alpha value is -1.40. The monoisotopic (exact) mass is 568 g/mol. The molecule has 0 spiro atoms. The molecular formula is C26H28Cl3N2O2PS. The Morgan fingerprint density at radius 3 is 1.97 bits per heavy atom. The zero-order valence-corrected chi connectivity index (χ0v) is 23.1. The van der Waals surface area contributed by atoms with Crippen molar-refractivity contribution in [1.29, 1.82) is 0 Å². The van der Waals surface area contributed by atoms with Crippen molar-refractivity contribution in [1.82, 2.24) is 9.99 Å². The van der Waals surface area contributed by atoms with Crippen LogP contribution in [0.1, 0.15) is 22.0 Å². The lowest BCUT2D eigenvalue weighted by Crippen LogP contribution is -2.42. The van der Waals surface area contributed by atoms with Gasteiger partial charge in [-0.2, -0.15) is 0 Å². The fourth-order valence-corrected chi connectivity index (χ4v) is 7.49. The number of rotatable bonds is 9. The van der Waals surface area contributed by atoms with Crippen molar-refractivity contribution in [3.63, 3.8) is 0 Å². The summed E-state index contributed by atoms with van der Waals surface area (Å²) in [6.45, 7) is 3.53. The van der Waals surface area contributed by atoms with Crippen LogP contribution in [-0.2, 0) is 9.30 Å². The molecule has 3 aromatic rings. The zero-order valence-electron chi connectivity index (χ0n) is 19.1. The highest BCUT2D eigenvalue weighted by atomic mass is 35.5. The van der Waals surface area contributed by atoms with Gasteiger partial charge in [-0.05, 0) is 22.6 Å². The summed E-state index contributed by atoms with van der Waals surface area (Å²) < 4.78 is 19.8. The molecule has 0 radical (unpaired) electrons. The molecule has 1 unspecified atom stereocenters. The average Bonchev–Trinajstić information content (AvgIpc) is 3.40. The maximum Gasteiger partial charge on any atom is 0.193 e. The number of benzene rings is 2. The fraction of sp³-hybridized carbons (Fsp3) is 0.231. The molecule has 9 heteroatoms. The molecule has 1 N–H and O–H groups in total. The predicted octanol–water partition coefficient (Wildman–Crippen LogP) is 7.89. The lowest BCUT2D eigenvalue weighted by atomic mass is 10.2. The summed E-state index contributed by atoms with van der Waals surface area (Å²) in [6, 6.07) is 23.3. The Kier molecular flexibility index (Phi) is 11.1. The van der Waals surface area contributed by atoms with E-state index in [0.29, 0.717) is 29.8 Å². The first-order chi connectivity index (χ1) is 16.5. The van der Waals surface area contributed by atoms with Crippen molar-refractivity contribution in [2.75, 3.05) is 32.8 Å². The van der Waals surface area contributed by atoms with Crippen LogP contribution in [0.5, 0.6) is 0 Å². The summed E-state index contributed by atoms with van der Waals surface area (Å²) in [5, 5.41) is 6.25. The van der Waals surface area contributed by atoms with Crippen LogP contribution in [0.2, 0.25) is 0 Å². The second kappa shape index (κ2) is 13.8. The van der Waals surface area contributed by atoms with Gasteiger partial charge in [0, 0.05) is 36.1 Å². The molecule has 4 nitrogen and oxygen atoms in total. The van der Waals surface area contributed by atoms with E-state index in [4.69, 9.17) is 27.9 Å². The van der Waals surface area contributed by atoms with Gasteiger partial charge in [-0.3, -0.25) is 14.6 Å². The lowest BCUT2D eigenvalue weighted by molar-refractivity contribution is 0.0179. The smallest absolute Gasteiger partial charge is 0.193 e. The van der Waals surface area contributed by atoms with Crippen LogP contribution in [0.15, 0.2) is 89.8 Å². The first-order valence-electron chi connectivity index (χ1n) is 11.1. The fourth-order valence-electron chi connectivity index (χ4n) is 3.82. The van der Waals surface area contributed by atoms with Gasteiger partial charge < -0.3 is 4.74 Å². The molecule has 0 bridgehead atoms. The van der Waals surface area contributed by atoms with Crippen LogP contribution in [0.25, 0.3) is 10.1 Å². The number of nitrogens with zero attached hydrogens (tertiary/aromatic N) is 1. The number of ether oxygens (including phenoxy) is 1. The highest BCUT2D eigenvalue weighted by molar-refractivity contribution is 7.68. The van der Waals surface area contributed by atoms with E-state index in [2.05, 4.69) is 21.4 Å². The van der Waals surface area contributed by atoms with Crippen molar-refractivity contribution >= 4 is 64.3 Å². The molecule has 1 aromatic heterocycles. The maximum atomic E-state index is 14.3. The molecule has 1 aliphatic heterocycles. The highest BCUT2D eigenvalue weighted by Gasteiger charge is 2.27. The summed E-state index contributed by atoms with van der Waals surface area (Å²) in [5.74, 6) is 3.22. The lowest BCUT2D eigenvalue weighted by Gasteiger charge is -2.34. The molecule has 2 heterocycles. The number of hydrogen-bond acceptors (Lipinski definition) is 4. The van der Waals surface area contributed by atoms with Crippen LogP contribution in [0.4, 0.5) is 0 Å². The van der Waals surface area contributed by atoms with Crippen LogP contribution >= 0.6 is 54.2 Å². The molecule has 1 atom stereocenters. The van der Waals surface area contributed by atoms with Crippen LogP contribution < -0.4 is 5.09 Å². The van der Waals surface area contributed by atoms with Crippen molar-refractivity contribution in [3.8, 4) is 0 Å². The van der Waals surface area contributed by atoms with E-state index >= 15 is 0 Å². The first kappa shape index (κ1) is 28.2. The third kappa shape index (κ3) is 8.04. The van der Waals surface area contributed by atoms with Gasteiger partial charge >= 0.3 is 0 Å². The van der Waals surface area contributed by atoms with E-state index in [-0.39, 0.29) is 18.4 Å². The summed E-state index contributed by atoms with van der Waals surface area (Å²) in [6.07, 6.45) is 0. The predicted molar refractivity (Wildman–Crippen MR) is 153 cm³/mol. The standard InChI is InChI=1S/C26H27Cl2N2O2PS.ClH/c27-23(21-8-3-1-4-9-21)19-33(31,20-24(28)22-10-5-2-6-11-22)29-18-25(26-12-7-17-34-26)30-13-15-32-16-14-30;/h1-12,17,19-20,25H,13-16,18H2,(H,29,31);1H. The van der Waals surface area contributed by atoms with Gasteiger partial charge in [-0.25, -0.2) is 0 Å².